The fraction of sp³-hybridized carbons (Fsp3) is 0.389. The first-order valence-corrected chi connectivity index (χ1v) is 7.70. The first-order valence-electron chi connectivity index (χ1n) is 7.70. The van der Waals surface area contributed by atoms with Gasteiger partial charge in [-0.25, -0.2) is 0 Å². The van der Waals surface area contributed by atoms with Crippen LogP contribution in [0.25, 0.3) is 0 Å². The number of nitrogens with one attached hydrogen (secondary N) is 1. The molecule has 2 aromatic rings. The van der Waals surface area contributed by atoms with Crippen LogP contribution in [0.3, 0.4) is 0 Å². The van der Waals surface area contributed by atoms with Crippen molar-refractivity contribution in [1.82, 2.24) is 4.57 Å². The van der Waals surface area contributed by atoms with Gasteiger partial charge in [-0.1, -0.05) is 38.1 Å². The van der Waals surface area contributed by atoms with Crippen LogP contribution >= 0.6 is 0 Å². The van der Waals surface area contributed by atoms with Gasteiger partial charge in [0.15, 0.2) is 0 Å². The third kappa shape index (κ3) is 3.97. The normalized spacial score (nSPS) is 12.1. The number of benzene rings is 1. The molecule has 2 rings (SSSR count). The Kier molecular flexibility index (Phi) is 5.20. The molecule has 1 unspecified atom stereocenters. The molecule has 112 valence electrons. The summed E-state index contributed by atoms with van der Waals surface area (Å²) in [6, 6.07) is 12.4. The number of aryl methyl sites for hydroxylation is 2. The Morgan fingerprint density at radius 1 is 1.10 bits per heavy atom. The third-order valence-corrected chi connectivity index (χ3v) is 3.72. The molecule has 1 aromatic heterocycles. The smallest absolute Gasteiger partial charge is 0.250 e. The summed E-state index contributed by atoms with van der Waals surface area (Å²) in [6.07, 6.45) is 3.92. The first-order chi connectivity index (χ1) is 10.1. The highest BCUT2D eigenvalue weighted by Crippen LogP contribution is 2.19. The highest BCUT2D eigenvalue weighted by atomic mass is 16.1. The average molecular weight is 284 g/mol. The lowest BCUT2D eigenvalue weighted by Gasteiger charge is -2.17. The molecule has 0 bridgehead atoms. The van der Waals surface area contributed by atoms with E-state index in [0.29, 0.717) is 0 Å². The van der Waals surface area contributed by atoms with E-state index in [1.165, 1.54) is 11.1 Å². The predicted octanol–water partition coefficient (Wildman–Crippen LogP) is 3.99. The second kappa shape index (κ2) is 7.11. The molecule has 0 fully saturated rings. The molecule has 0 spiro atoms. The molecular formula is C18H24N2O. The number of hydrogen-bond donors (Lipinski definition) is 1. The quantitative estimate of drug-likeness (QED) is 0.870. The maximum Gasteiger partial charge on any atom is 0.250 e. The fourth-order valence-electron chi connectivity index (χ4n) is 2.41. The molecule has 0 radical (unpaired) electrons. The Morgan fingerprint density at radius 2 is 1.81 bits per heavy atom. The Balaban J connectivity index is 2.12. The predicted molar refractivity (Wildman–Crippen MR) is 88.9 cm³/mol. The van der Waals surface area contributed by atoms with Gasteiger partial charge < -0.3 is 9.88 Å². The van der Waals surface area contributed by atoms with E-state index in [-0.39, 0.29) is 11.6 Å². The summed E-state index contributed by atoms with van der Waals surface area (Å²) in [6.45, 7) is 7.13. The zero-order valence-corrected chi connectivity index (χ0v) is 13.1. The fourth-order valence-corrected chi connectivity index (χ4v) is 2.41. The van der Waals surface area contributed by atoms with Crippen molar-refractivity contribution < 1.29 is 0 Å². The number of pyridine rings is 1. The zero-order valence-electron chi connectivity index (χ0n) is 13.1. The molecule has 1 heterocycles. The lowest BCUT2D eigenvalue weighted by Crippen LogP contribution is -2.19. The van der Waals surface area contributed by atoms with E-state index in [2.05, 4.69) is 50.4 Å². The molecule has 0 aliphatic rings. The molecule has 1 atom stereocenters. The third-order valence-electron chi connectivity index (χ3n) is 3.72. The van der Waals surface area contributed by atoms with Gasteiger partial charge in [0.1, 0.15) is 0 Å². The van der Waals surface area contributed by atoms with Crippen molar-refractivity contribution in [3.8, 4) is 0 Å². The van der Waals surface area contributed by atoms with Crippen molar-refractivity contribution in [2.75, 3.05) is 5.32 Å². The van der Waals surface area contributed by atoms with E-state index < -0.39 is 0 Å². The Bertz CT molecular complexity index is 628. The van der Waals surface area contributed by atoms with Crippen molar-refractivity contribution >= 4 is 5.69 Å². The summed E-state index contributed by atoms with van der Waals surface area (Å²) in [4.78, 5) is 11.7. The molecule has 0 aliphatic heterocycles. The lowest BCUT2D eigenvalue weighted by atomic mass is 10.0. The number of hydrogen-bond acceptors (Lipinski definition) is 2. The maximum atomic E-state index is 11.7. The highest BCUT2D eigenvalue weighted by Gasteiger charge is 2.06. The largest absolute Gasteiger partial charge is 0.377 e. The Morgan fingerprint density at radius 3 is 2.43 bits per heavy atom. The van der Waals surface area contributed by atoms with E-state index in [0.717, 1.165) is 25.1 Å². The van der Waals surface area contributed by atoms with Gasteiger partial charge >= 0.3 is 0 Å². The van der Waals surface area contributed by atoms with Gasteiger partial charge in [-0.3, -0.25) is 4.79 Å². The molecule has 0 saturated carbocycles. The van der Waals surface area contributed by atoms with Crippen LogP contribution in [0.15, 0.2) is 47.4 Å². The van der Waals surface area contributed by atoms with Crippen LogP contribution in [0.4, 0.5) is 5.69 Å². The zero-order chi connectivity index (χ0) is 15.2. The molecule has 3 heteroatoms. The SMILES string of the molecule is CCCn1cc(NC(C)c2ccc(CC)cc2)ccc1=O. The minimum absolute atomic E-state index is 0.0577. The van der Waals surface area contributed by atoms with Gasteiger partial charge in [-0.15, -0.1) is 0 Å². The standard InChI is InChI=1S/C18H24N2O/c1-4-12-20-13-17(10-11-18(20)21)19-14(3)16-8-6-15(5-2)7-9-16/h6-11,13-14,19H,4-5,12H2,1-3H3. The van der Waals surface area contributed by atoms with Gasteiger partial charge in [-0.05, 0) is 37.0 Å². The summed E-state index contributed by atoms with van der Waals surface area (Å²) >= 11 is 0. The second-order valence-electron chi connectivity index (χ2n) is 5.41. The summed E-state index contributed by atoms with van der Waals surface area (Å²) < 4.78 is 1.76. The van der Waals surface area contributed by atoms with Gasteiger partial charge in [-0.2, -0.15) is 0 Å². The lowest BCUT2D eigenvalue weighted by molar-refractivity contribution is 0.654. The van der Waals surface area contributed by atoms with E-state index >= 15 is 0 Å². The number of anilines is 1. The van der Waals surface area contributed by atoms with Crippen LogP contribution in [0.2, 0.25) is 0 Å². The number of rotatable bonds is 6. The minimum Gasteiger partial charge on any atom is -0.377 e. The second-order valence-corrected chi connectivity index (χ2v) is 5.41. The van der Waals surface area contributed by atoms with Crippen LogP contribution in [0, 0.1) is 0 Å². The highest BCUT2D eigenvalue weighted by molar-refractivity contribution is 5.43. The van der Waals surface area contributed by atoms with Gasteiger partial charge in [0.25, 0.3) is 5.56 Å². The Hall–Kier alpha value is -2.03. The molecule has 0 saturated heterocycles. The molecule has 3 nitrogen and oxygen atoms in total. The summed E-state index contributed by atoms with van der Waals surface area (Å²) in [5.41, 5.74) is 3.64. The number of aromatic nitrogens is 1. The number of nitrogens with zero attached hydrogens (tertiary/aromatic N) is 1. The van der Waals surface area contributed by atoms with Gasteiger partial charge in [0.2, 0.25) is 0 Å². The summed E-state index contributed by atoms with van der Waals surface area (Å²) in [5, 5.41) is 3.46. The van der Waals surface area contributed by atoms with Crippen LogP contribution < -0.4 is 10.9 Å². The maximum absolute atomic E-state index is 11.7. The first kappa shape index (κ1) is 15.4. The van der Waals surface area contributed by atoms with Crippen molar-refractivity contribution in [3.63, 3.8) is 0 Å². The van der Waals surface area contributed by atoms with E-state index in [9.17, 15) is 4.79 Å². The Labute approximate surface area is 126 Å². The monoisotopic (exact) mass is 284 g/mol. The van der Waals surface area contributed by atoms with E-state index in [1.54, 1.807) is 10.6 Å². The van der Waals surface area contributed by atoms with Gasteiger partial charge in [0.05, 0.1) is 5.69 Å². The van der Waals surface area contributed by atoms with Crippen molar-refractivity contribution in [1.29, 1.82) is 0 Å². The molecular weight excluding hydrogens is 260 g/mol. The van der Waals surface area contributed by atoms with Crippen LogP contribution in [-0.2, 0) is 13.0 Å². The van der Waals surface area contributed by atoms with Crippen LogP contribution in [0.5, 0.6) is 0 Å². The van der Waals surface area contributed by atoms with E-state index in [4.69, 9.17) is 0 Å². The molecule has 21 heavy (non-hydrogen) atoms. The van der Waals surface area contributed by atoms with Crippen molar-refractivity contribution in [2.24, 2.45) is 0 Å². The van der Waals surface area contributed by atoms with Crippen LogP contribution in [0.1, 0.15) is 44.4 Å². The van der Waals surface area contributed by atoms with E-state index in [1.807, 2.05) is 12.3 Å². The molecule has 1 N–H and O–H groups in total. The topological polar surface area (TPSA) is 34.0 Å². The molecule has 0 amide bonds. The van der Waals surface area contributed by atoms with Crippen LogP contribution in [-0.4, -0.2) is 4.57 Å². The van der Waals surface area contributed by atoms with Crippen molar-refractivity contribution in [3.05, 3.63) is 64.1 Å². The molecule has 0 aliphatic carbocycles. The molecule has 1 aromatic carbocycles. The summed E-state index contributed by atoms with van der Waals surface area (Å²) in [7, 11) is 0. The summed E-state index contributed by atoms with van der Waals surface area (Å²) in [5.74, 6) is 0. The minimum atomic E-state index is 0.0577. The van der Waals surface area contributed by atoms with Crippen molar-refractivity contribution in [2.45, 2.75) is 46.2 Å². The van der Waals surface area contributed by atoms with Gasteiger partial charge in [0, 0.05) is 24.8 Å². The average Bonchev–Trinajstić information content (AvgIpc) is 2.51.